The van der Waals surface area contributed by atoms with Gasteiger partial charge in [0, 0.05) is 0 Å². The smallest absolute Gasteiger partial charge is 0.343 e. The van der Waals surface area contributed by atoms with Crippen LogP contribution in [0.15, 0.2) is 0 Å². The van der Waals surface area contributed by atoms with E-state index in [2.05, 4.69) is 13.8 Å². The van der Waals surface area contributed by atoms with Crippen molar-refractivity contribution in [2.75, 3.05) is 0 Å². The molecule has 13 heavy (non-hydrogen) atoms. The van der Waals surface area contributed by atoms with E-state index >= 15 is 0 Å². The van der Waals surface area contributed by atoms with Gasteiger partial charge in [0.1, 0.15) is 0 Å². The minimum absolute atomic E-state index is 0. The maximum atomic E-state index is 9.77. The first-order chi connectivity index (χ1) is 5.54. The molecule has 0 rings (SSSR count). The summed E-state index contributed by atoms with van der Waals surface area (Å²) in [5.41, 5.74) is 0. The minimum Gasteiger partial charge on any atom is -0.343 e. The van der Waals surface area contributed by atoms with Gasteiger partial charge in [-0.2, -0.15) is 12.8 Å². The van der Waals surface area contributed by atoms with Crippen LogP contribution in [0.5, 0.6) is 0 Å². The Morgan fingerprint density at radius 1 is 0.923 bits per heavy atom. The molecule has 0 aromatic carbocycles. The number of carbonyl (C=O) groups excluding carboxylic acids is 2. The van der Waals surface area contributed by atoms with Gasteiger partial charge in [-0.3, -0.25) is 9.59 Å². The van der Waals surface area contributed by atoms with Crippen molar-refractivity contribution in [3.05, 3.63) is 13.8 Å². The molecule has 0 unspecified atom stereocenters. The van der Waals surface area contributed by atoms with Crippen molar-refractivity contribution in [3.63, 3.8) is 0 Å². The second-order valence-corrected chi connectivity index (χ2v) is 2.76. The van der Waals surface area contributed by atoms with Gasteiger partial charge in [0.25, 0.3) is 0 Å². The summed E-state index contributed by atoms with van der Waals surface area (Å²) >= 11 is 9.80. The van der Waals surface area contributed by atoms with Crippen LogP contribution in [0.2, 0.25) is 0 Å². The molecule has 0 heterocycles. The SMILES string of the molecule is [CH2-]CCC(=O)Cl.[CH2-]CCC(=O)Cl.[W+2]. The fourth-order valence-corrected chi connectivity index (χ4v) is 0.545. The Morgan fingerprint density at radius 3 is 1.15 bits per heavy atom. The largest absolute Gasteiger partial charge is 2.00 e. The molecule has 2 nitrogen and oxygen atoms in total. The van der Waals surface area contributed by atoms with E-state index in [-0.39, 0.29) is 31.6 Å². The molecular formula is C8H12Cl2O2W. The standard InChI is InChI=1S/2C4H6ClO.W/c2*1-2-3-4(5)6;/h2*1-3H2;/q2*-1;+2. The van der Waals surface area contributed by atoms with Crippen molar-refractivity contribution >= 4 is 33.7 Å². The van der Waals surface area contributed by atoms with Gasteiger partial charge >= 0.3 is 21.1 Å². The molecule has 0 amide bonds. The number of carbonyl (C=O) groups is 2. The monoisotopic (exact) mass is 394 g/mol. The van der Waals surface area contributed by atoms with Gasteiger partial charge < -0.3 is 13.8 Å². The molecule has 0 aromatic heterocycles. The Balaban J connectivity index is -0.000000143. The summed E-state index contributed by atoms with van der Waals surface area (Å²) in [6.07, 6.45) is 1.98. The molecule has 76 valence electrons. The average Bonchev–Trinajstić information content (AvgIpc) is 1.87. The van der Waals surface area contributed by atoms with Crippen molar-refractivity contribution in [1.82, 2.24) is 0 Å². The predicted molar refractivity (Wildman–Crippen MR) is 50.9 cm³/mol. The van der Waals surface area contributed by atoms with Gasteiger partial charge in [0.2, 0.25) is 10.5 Å². The van der Waals surface area contributed by atoms with E-state index in [4.69, 9.17) is 23.2 Å². The van der Waals surface area contributed by atoms with Crippen LogP contribution in [0.1, 0.15) is 25.7 Å². The van der Waals surface area contributed by atoms with Gasteiger partial charge in [-0.1, -0.05) is 0 Å². The molecule has 0 spiro atoms. The summed E-state index contributed by atoms with van der Waals surface area (Å²) in [7, 11) is 0. The van der Waals surface area contributed by atoms with Crippen LogP contribution in [-0.4, -0.2) is 10.5 Å². The molecule has 0 aliphatic carbocycles. The maximum absolute atomic E-state index is 9.77. The Labute approximate surface area is 104 Å². The van der Waals surface area contributed by atoms with E-state index in [1.54, 1.807) is 0 Å². The molecule has 0 saturated heterocycles. The zero-order chi connectivity index (χ0) is 9.98. The Kier molecular flexibility index (Phi) is 22.3. The van der Waals surface area contributed by atoms with Crippen molar-refractivity contribution in [2.45, 2.75) is 25.7 Å². The first-order valence-electron chi connectivity index (χ1n) is 3.49. The van der Waals surface area contributed by atoms with Crippen LogP contribution < -0.4 is 0 Å². The summed E-state index contributed by atoms with van der Waals surface area (Å²) < 4.78 is 0. The third-order valence-electron chi connectivity index (χ3n) is 0.747. The topological polar surface area (TPSA) is 34.1 Å². The van der Waals surface area contributed by atoms with E-state index in [1.165, 1.54) is 0 Å². The van der Waals surface area contributed by atoms with E-state index in [0.29, 0.717) is 25.7 Å². The van der Waals surface area contributed by atoms with Gasteiger partial charge in [-0.15, -0.1) is 0 Å². The van der Waals surface area contributed by atoms with Crippen LogP contribution in [0.4, 0.5) is 0 Å². The third-order valence-corrected chi connectivity index (χ3v) is 1.12. The summed E-state index contributed by atoms with van der Waals surface area (Å²) in [5, 5.41) is -0.602. The summed E-state index contributed by atoms with van der Waals surface area (Å²) in [4.78, 5) is 19.5. The molecular weight excluding hydrogens is 383 g/mol. The molecule has 0 saturated carbocycles. The zero-order valence-corrected chi connectivity index (χ0v) is 11.7. The van der Waals surface area contributed by atoms with E-state index in [1.807, 2.05) is 0 Å². The molecule has 0 radical (unpaired) electrons. The van der Waals surface area contributed by atoms with E-state index in [0.717, 1.165) is 0 Å². The number of halogens is 2. The van der Waals surface area contributed by atoms with Crippen molar-refractivity contribution in [1.29, 1.82) is 0 Å². The second kappa shape index (κ2) is 15.1. The van der Waals surface area contributed by atoms with Gasteiger partial charge in [0.15, 0.2) is 0 Å². The molecule has 0 atom stereocenters. The molecule has 0 fully saturated rings. The molecule has 5 heteroatoms. The Morgan fingerprint density at radius 2 is 1.15 bits per heavy atom. The molecule has 0 N–H and O–H groups in total. The van der Waals surface area contributed by atoms with Gasteiger partial charge in [0.05, 0.1) is 0 Å². The van der Waals surface area contributed by atoms with Gasteiger partial charge in [-0.05, 0) is 36.0 Å². The Bertz CT molecular complexity index is 124. The maximum Gasteiger partial charge on any atom is 2.00 e. The van der Waals surface area contributed by atoms with Crippen LogP contribution in [0.3, 0.4) is 0 Å². The first-order valence-corrected chi connectivity index (χ1v) is 4.25. The van der Waals surface area contributed by atoms with Crippen LogP contribution in [0, 0.1) is 13.8 Å². The van der Waals surface area contributed by atoms with E-state index in [9.17, 15) is 9.59 Å². The fourth-order valence-electron chi connectivity index (χ4n) is 0.278. The normalized spacial score (nSPS) is 7.69. The second-order valence-electron chi connectivity index (χ2n) is 1.92. The number of hydrogen-bond donors (Lipinski definition) is 0. The number of hydrogen-bond acceptors (Lipinski definition) is 2. The summed E-state index contributed by atoms with van der Waals surface area (Å²) in [6.45, 7) is 6.84. The quantitative estimate of drug-likeness (QED) is 0.542. The molecule has 0 aliphatic rings. The first kappa shape index (κ1) is 19.2. The van der Waals surface area contributed by atoms with Crippen LogP contribution >= 0.6 is 23.2 Å². The summed E-state index contributed by atoms with van der Waals surface area (Å²) in [6, 6.07) is 0. The van der Waals surface area contributed by atoms with Crippen molar-refractivity contribution < 1.29 is 30.7 Å². The third kappa shape index (κ3) is 32.5. The van der Waals surface area contributed by atoms with E-state index < -0.39 is 0 Å². The minimum atomic E-state index is -0.301. The molecule has 0 bridgehead atoms. The average molecular weight is 395 g/mol. The zero-order valence-electron chi connectivity index (χ0n) is 7.22. The van der Waals surface area contributed by atoms with Gasteiger partial charge in [-0.25, -0.2) is 0 Å². The fraction of sp³-hybridized carbons (Fsp3) is 0.500. The Hall–Kier alpha value is 0.608. The molecule has 0 aromatic rings. The van der Waals surface area contributed by atoms with Crippen molar-refractivity contribution in [3.8, 4) is 0 Å². The number of rotatable bonds is 4. The van der Waals surface area contributed by atoms with Crippen LogP contribution in [-0.2, 0) is 30.7 Å². The predicted octanol–water partition coefficient (Wildman–Crippen LogP) is 2.73. The summed E-state index contributed by atoms with van der Waals surface area (Å²) in [5.74, 6) is 0. The van der Waals surface area contributed by atoms with Crippen molar-refractivity contribution in [2.24, 2.45) is 0 Å². The van der Waals surface area contributed by atoms with Crippen LogP contribution in [0.25, 0.3) is 0 Å². The molecule has 0 aliphatic heterocycles.